The van der Waals surface area contributed by atoms with Crippen LogP contribution in [-0.4, -0.2) is 33.7 Å². The van der Waals surface area contributed by atoms with E-state index in [-0.39, 0.29) is 12.3 Å². The van der Waals surface area contributed by atoms with E-state index in [4.69, 9.17) is 0 Å². The predicted octanol–water partition coefficient (Wildman–Crippen LogP) is 3.11. The summed E-state index contributed by atoms with van der Waals surface area (Å²) in [4.78, 5) is 45.3. The molecular weight excluding hydrogens is 438 g/mol. The Kier molecular flexibility index (Phi) is 6.50. The number of aromatic amines is 1. The van der Waals surface area contributed by atoms with Crippen LogP contribution in [0.3, 0.4) is 0 Å². The molecule has 1 atom stereocenters. The predicted molar refractivity (Wildman–Crippen MR) is 128 cm³/mol. The van der Waals surface area contributed by atoms with E-state index in [1.165, 1.54) is 18.3 Å². The zero-order valence-electron chi connectivity index (χ0n) is 18.1. The van der Waals surface area contributed by atoms with Gasteiger partial charge in [-0.1, -0.05) is 48.5 Å². The number of aryl methyl sites for hydroxylation is 1. The number of benzene rings is 2. The van der Waals surface area contributed by atoms with E-state index in [9.17, 15) is 14.4 Å². The lowest BCUT2D eigenvalue weighted by atomic mass is 10.0. The third kappa shape index (κ3) is 5.09. The summed E-state index contributed by atoms with van der Waals surface area (Å²) < 4.78 is 0. The highest BCUT2D eigenvalue weighted by Gasteiger charge is 2.23. The average Bonchev–Trinajstić information content (AvgIpc) is 3.41. The lowest BCUT2D eigenvalue weighted by Gasteiger charge is -2.17. The lowest BCUT2D eigenvalue weighted by molar-refractivity contribution is -0.128. The average molecular weight is 462 g/mol. The normalized spacial score (nSPS) is 11.7. The number of amides is 3. The van der Waals surface area contributed by atoms with Gasteiger partial charge in [0.1, 0.15) is 15.9 Å². The molecule has 2 aromatic carbocycles. The highest BCUT2D eigenvalue weighted by atomic mass is 32.1. The first-order valence-electron chi connectivity index (χ1n) is 10.4. The van der Waals surface area contributed by atoms with Crippen molar-refractivity contribution in [3.05, 3.63) is 76.9 Å². The summed E-state index contributed by atoms with van der Waals surface area (Å²) in [7, 11) is 0. The minimum atomic E-state index is -0.857. The van der Waals surface area contributed by atoms with Gasteiger partial charge >= 0.3 is 0 Å². The van der Waals surface area contributed by atoms with E-state index >= 15 is 0 Å². The summed E-state index contributed by atoms with van der Waals surface area (Å²) in [5.41, 5.74) is 8.20. The molecule has 0 aliphatic rings. The molecular formula is C24H23N5O3S. The number of carbonyl (C=O) groups is 3. The van der Waals surface area contributed by atoms with Gasteiger partial charge in [0.15, 0.2) is 0 Å². The van der Waals surface area contributed by atoms with Crippen molar-refractivity contribution < 1.29 is 14.4 Å². The van der Waals surface area contributed by atoms with Gasteiger partial charge in [0.05, 0.1) is 5.69 Å². The van der Waals surface area contributed by atoms with Gasteiger partial charge in [-0.05, 0) is 18.6 Å². The summed E-state index contributed by atoms with van der Waals surface area (Å²) in [6.07, 6.45) is 2.08. The maximum absolute atomic E-state index is 12.8. The molecule has 3 amide bonds. The topological polar surface area (TPSA) is 116 Å². The van der Waals surface area contributed by atoms with E-state index in [1.54, 1.807) is 6.92 Å². The van der Waals surface area contributed by atoms with Crippen LogP contribution in [0.4, 0.5) is 0 Å². The molecule has 0 bridgehead atoms. The van der Waals surface area contributed by atoms with Crippen molar-refractivity contribution in [2.45, 2.75) is 26.3 Å². The van der Waals surface area contributed by atoms with Crippen LogP contribution >= 0.6 is 11.3 Å². The Morgan fingerprint density at radius 3 is 2.52 bits per heavy atom. The molecule has 0 aliphatic carbocycles. The number of fused-ring (bicyclic) bond motifs is 1. The third-order valence-corrected chi connectivity index (χ3v) is 6.32. The molecule has 2 aromatic heterocycles. The number of hydrogen-bond donors (Lipinski definition) is 4. The van der Waals surface area contributed by atoms with Crippen LogP contribution in [0.15, 0.2) is 60.8 Å². The molecule has 8 nitrogen and oxygen atoms in total. The lowest BCUT2D eigenvalue weighted by Crippen LogP contribution is -2.52. The van der Waals surface area contributed by atoms with Crippen molar-refractivity contribution in [1.29, 1.82) is 0 Å². The molecule has 4 rings (SSSR count). The Hall–Kier alpha value is -3.98. The number of H-pyrrole nitrogens is 1. The Balaban J connectivity index is 1.45. The molecule has 0 fully saturated rings. The minimum Gasteiger partial charge on any atom is -0.361 e. The van der Waals surface area contributed by atoms with E-state index in [0.717, 1.165) is 27.0 Å². The second kappa shape index (κ2) is 9.66. The van der Waals surface area contributed by atoms with Crippen molar-refractivity contribution in [3.8, 4) is 10.6 Å². The van der Waals surface area contributed by atoms with Crippen LogP contribution < -0.4 is 16.2 Å². The van der Waals surface area contributed by atoms with E-state index in [2.05, 4.69) is 26.1 Å². The fraction of sp³-hybridized carbons (Fsp3) is 0.167. The SMILES string of the molecule is CC(=O)N[C@@H](Cc1c[nH]c2ccccc12)C(=O)NNC(=O)c1sc(-c2ccccc2)nc1C. The molecule has 0 radical (unpaired) electrons. The molecule has 9 heteroatoms. The van der Waals surface area contributed by atoms with E-state index in [0.29, 0.717) is 10.6 Å². The number of nitrogens with zero attached hydrogens (tertiary/aromatic N) is 1. The zero-order chi connectivity index (χ0) is 23.4. The molecule has 0 aliphatic heterocycles. The number of aromatic nitrogens is 2. The molecule has 0 saturated carbocycles. The maximum atomic E-state index is 12.8. The number of thiazole rings is 1. The van der Waals surface area contributed by atoms with Gasteiger partial charge in [-0.15, -0.1) is 11.3 Å². The minimum absolute atomic E-state index is 0.267. The highest BCUT2D eigenvalue weighted by Crippen LogP contribution is 2.27. The molecule has 0 saturated heterocycles. The van der Waals surface area contributed by atoms with Crippen LogP contribution in [0, 0.1) is 6.92 Å². The summed E-state index contributed by atoms with van der Waals surface area (Å²) in [5.74, 6) is -1.32. The smallest absolute Gasteiger partial charge is 0.281 e. The highest BCUT2D eigenvalue weighted by molar-refractivity contribution is 7.17. The van der Waals surface area contributed by atoms with Crippen molar-refractivity contribution in [2.75, 3.05) is 0 Å². The second-order valence-corrected chi connectivity index (χ2v) is 8.56. The molecule has 0 unspecified atom stereocenters. The first-order valence-corrected chi connectivity index (χ1v) is 11.2. The van der Waals surface area contributed by atoms with Crippen molar-refractivity contribution in [3.63, 3.8) is 0 Å². The van der Waals surface area contributed by atoms with Crippen molar-refractivity contribution >= 4 is 40.0 Å². The standard InChI is InChI=1S/C24H23N5O3S/c1-14-21(33-24(26-14)16-8-4-3-5-9-16)23(32)29-28-22(31)20(27-15(2)30)12-17-13-25-19-11-7-6-10-18(17)19/h3-11,13,20,25H,12H2,1-2H3,(H,27,30)(H,28,31)(H,29,32)/t20-/m0/s1. The maximum Gasteiger partial charge on any atom is 0.281 e. The second-order valence-electron chi connectivity index (χ2n) is 7.56. The van der Waals surface area contributed by atoms with Crippen LogP contribution in [0.1, 0.15) is 27.9 Å². The van der Waals surface area contributed by atoms with Crippen molar-refractivity contribution in [1.82, 2.24) is 26.1 Å². The number of para-hydroxylation sites is 1. The largest absolute Gasteiger partial charge is 0.361 e. The monoisotopic (exact) mass is 461 g/mol. The third-order valence-electron chi connectivity index (χ3n) is 5.12. The fourth-order valence-corrected chi connectivity index (χ4v) is 4.52. The molecule has 4 N–H and O–H groups in total. The number of hydrazine groups is 1. The Morgan fingerprint density at radius 1 is 1.03 bits per heavy atom. The molecule has 2 heterocycles. The zero-order valence-corrected chi connectivity index (χ0v) is 19.0. The first-order chi connectivity index (χ1) is 15.9. The number of rotatable bonds is 6. The quantitative estimate of drug-likeness (QED) is 0.330. The number of carbonyl (C=O) groups excluding carboxylic acids is 3. The summed E-state index contributed by atoms with van der Waals surface area (Å²) in [6.45, 7) is 3.09. The van der Waals surface area contributed by atoms with Gasteiger partial charge < -0.3 is 10.3 Å². The summed E-state index contributed by atoms with van der Waals surface area (Å²) in [5, 5.41) is 4.35. The van der Waals surface area contributed by atoms with Gasteiger partial charge in [0.2, 0.25) is 5.91 Å². The Labute approximate surface area is 194 Å². The van der Waals surface area contributed by atoms with Gasteiger partial charge in [-0.25, -0.2) is 4.98 Å². The van der Waals surface area contributed by atoms with E-state index in [1.807, 2.05) is 60.8 Å². The van der Waals surface area contributed by atoms with Crippen LogP contribution in [-0.2, 0) is 16.0 Å². The summed E-state index contributed by atoms with van der Waals surface area (Å²) in [6, 6.07) is 16.4. The Morgan fingerprint density at radius 2 is 1.76 bits per heavy atom. The molecule has 4 aromatic rings. The van der Waals surface area contributed by atoms with Crippen LogP contribution in [0.2, 0.25) is 0 Å². The summed E-state index contributed by atoms with van der Waals surface area (Å²) >= 11 is 1.25. The molecule has 33 heavy (non-hydrogen) atoms. The number of hydrogen-bond acceptors (Lipinski definition) is 5. The van der Waals surface area contributed by atoms with Crippen LogP contribution in [0.25, 0.3) is 21.5 Å². The Bertz CT molecular complexity index is 1310. The van der Waals surface area contributed by atoms with Gasteiger partial charge in [-0.2, -0.15) is 0 Å². The van der Waals surface area contributed by atoms with Crippen molar-refractivity contribution in [2.24, 2.45) is 0 Å². The van der Waals surface area contributed by atoms with Gasteiger partial charge in [0, 0.05) is 36.0 Å². The van der Waals surface area contributed by atoms with Gasteiger partial charge in [0.25, 0.3) is 11.8 Å². The number of nitrogens with one attached hydrogen (secondary N) is 4. The van der Waals surface area contributed by atoms with Crippen LogP contribution in [0.5, 0.6) is 0 Å². The van der Waals surface area contributed by atoms with E-state index < -0.39 is 17.9 Å². The first kappa shape index (κ1) is 22.2. The fourth-order valence-electron chi connectivity index (χ4n) is 3.55. The molecule has 168 valence electrons. The molecule has 0 spiro atoms. The van der Waals surface area contributed by atoms with Gasteiger partial charge in [-0.3, -0.25) is 25.2 Å².